The zero-order valence-corrected chi connectivity index (χ0v) is 21.8. The average molecular weight is 554 g/mol. The van der Waals surface area contributed by atoms with Crippen LogP contribution in [0, 0.1) is 0 Å². The largest absolute Gasteiger partial charge is 0.480 e. The molecule has 1 fully saturated rings. The van der Waals surface area contributed by atoms with Gasteiger partial charge in [-0.25, -0.2) is 14.4 Å². The number of para-hydroxylation sites is 1. The second-order valence-electron chi connectivity index (χ2n) is 10.2. The van der Waals surface area contributed by atoms with Crippen molar-refractivity contribution < 1.29 is 29.0 Å². The number of rotatable bonds is 6. The molecule has 0 bridgehead atoms. The lowest BCUT2D eigenvalue weighted by Crippen LogP contribution is -2.39. The molecule has 6 N–H and O–H groups in total. The second kappa shape index (κ2) is 10.0. The summed E-state index contributed by atoms with van der Waals surface area (Å²) in [5.74, 6) is -2.22. The molecular formula is C30H27N5O6. The smallest absolute Gasteiger partial charge is 0.407 e. The maximum Gasteiger partial charge on any atom is 0.407 e. The summed E-state index contributed by atoms with van der Waals surface area (Å²) in [6.07, 6.45) is -0.647. The number of carboxylic acid groups (broad SMARTS) is 1. The van der Waals surface area contributed by atoms with Gasteiger partial charge in [-0.05, 0) is 28.3 Å². The highest BCUT2D eigenvalue weighted by molar-refractivity contribution is 6.13. The lowest BCUT2D eigenvalue weighted by Gasteiger charge is -2.24. The van der Waals surface area contributed by atoms with Crippen molar-refractivity contribution >= 4 is 40.6 Å². The Balaban J connectivity index is 1.24. The van der Waals surface area contributed by atoms with E-state index in [1.807, 2.05) is 48.5 Å². The molecule has 3 aromatic carbocycles. The van der Waals surface area contributed by atoms with Crippen LogP contribution in [0.15, 0.2) is 72.8 Å². The summed E-state index contributed by atoms with van der Waals surface area (Å²) in [5.41, 5.74) is 15.9. The van der Waals surface area contributed by atoms with Gasteiger partial charge in [-0.15, -0.1) is 0 Å². The number of primary amides is 2. The highest BCUT2D eigenvalue weighted by Gasteiger charge is 2.42. The normalized spacial score (nSPS) is 17.7. The zero-order valence-electron chi connectivity index (χ0n) is 21.8. The molecule has 2 atom stereocenters. The monoisotopic (exact) mass is 553 g/mol. The molecule has 2 aliphatic rings. The number of nitrogens with zero attached hydrogens (tertiary/aromatic N) is 2. The Labute approximate surface area is 234 Å². The maximum atomic E-state index is 12.9. The molecule has 2 heterocycles. The van der Waals surface area contributed by atoms with Gasteiger partial charge in [0.25, 0.3) is 5.91 Å². The number of hydrogen-bond acceptors (Lipinski definition) is 6. The average Bonchev–Trinajstić information content (AvgIpc) is 3.62. The molecule has 0 radical (unpaired) electrons. The van der Waals surface area contributed by atoms with Gasteiger partial charge in [-0.3, -0.25) is 9.36 Å². The van der Waals surface area contributed by atoms with Crippen LogP contribution in [0.1, 0.15) is 34.0 Å². The Bertz CT molecular complexity index is 1680. The van der Waals surface area contributed by atoms with Crippen molar-refractivity contribution in [2.24, 2.45) is 11.5 Å². The summed E-state index contributed by atoms with van der Waals surface area (Å²) in [4.78, 5) is 51.5. The lowest BCUT2D eigenvalue weighted by molar-refractivity contribution is -0.138. The summed E-state index contributed by atoms with van der Waals surface area (Å²) < 4.78 is 6.63. The fourth-order valence-electron chi connectivity index (χ4n) is 6.20. The minimum absolute atomic E-state index is 0.0355. The Morgan fingerprint density at radius 2 is 1.51 bits per heavy atom. The highest BCUT2D eigenvalue weighted by Crippen LogP contribution is 2.44. The van der Waals surface area contributed by atoms with Gasteiger partial charge in [-0.1, -0.05) is 66.7 Å². The van der Waals surface area contributed by atoms with Crippen LogP contribution in [0.4, 0.5) is 15.3 Å². The molecule has 1 aliphatic carbocycles. The van der Waals surface area contributed by atoms with Crippen molar-refractivity contribution in [3.05, 3.63) is 89.6 Å². The predicted octanol–water partition coefficient (Wildman–Crippen LogP) is 3.24. The van der Waals surface area contributed by atoms with E-state index in [-0.39, 0.29) is 36.9 Å². The molecule has 11 nitrogen and oxygen atoms in total. The van der Waals surface area contributed by atoms with Gasteiger partial charge < -0.3 is 31.5 Å². The fraction of sp³-hybridized carbons (Fsp3) is 0.200. The molecule has 0 saturated carbocycles. The Hall–Kier alpha value is -5.32. The molecule has 41 heavy (non-hydrogen) atoms. The van der Waals surface area contributed by atoms with Crippen molar-refractivity contribution in [1.82, 2.24) is 9.88 Å². The quantitative estimate of drug-likeness (QED) is 0.284. The number of benzene rings is 3. The molecule has 1 aromatic heterocycles. The van der Waals surface area contributed by atoms with Crippen LogP contribution >= 0.6 is 0 Å². The van der Waals surface area contributed by atoms with Crippen molar-refractivity contribution in [1.29, 1.82) is 0 Å². The lowest BCUT2D eigenvalue weighted by atomic mass is 9.98. The number of amides is 3. The van der Waals surface area contributed by atoms with Crippen LogP contribution in [0.2, 0.25) is 0 Å². The third-order valence-electron chi connectivity index (χ3n) is 7.84. The number of carbonyl (C=O) groups is 4. The van der Waals surface area contributed by atoms with E-state index in [9.17, 15) is 24.3 Å². The predicted molar refractivity (Wildman–Crippen MR) is 151 cm³/mol. The Morgan fingerprint density at radius 3 is 2.12 bits per heavy atom. The number of fused-ring (bicyclic) bond motifs is 4. The van der Waals surface area contributed by atoms with Crippen LogP contribution in [-0.2, 0) is 9.53 Å². The number of ether oxygens (including phenoxy) is 1. The standard InChI is InChI=1S/C30H27N5O6/c31-27(36)26-25(21-11-5-6-12-23(21)35(26)29(32)39)34-14-16(13-24(34)28(37)38)33-30(40)41-15-22-19-9-3-1-7-17(19)18-8-2-4-10-20(18)22/h1-12,16,22,24H,13-15H2,(H2,31,36)(H2,32,39)(H,33,40)(H,37,38)/t16-,24-/m0/s1. The fourth-order valence-corrected chi connectivity index (χ4v) is 6.20. The van der Waals surface area contributed by atoms with Gasteiger partial charge in [0.2, 0.25) is 0 Å². The van der Waals surface area contributed by atoms with E-state index in [0.29, 0.717) is 10.9 Å². The van der Waals surface area contributed by atoms with Crippen LogP contribution in [0.3, 0.4) is 0 Å². The van der Waals surface area contributed by atoms with Crippen LogP contribution in [0.5, 0.6) is 0 Å². The number of alkyl carbamates (subject to hydrolysis) is 1. The first-order valence-corrected chi connectivity index (χ1v) is 13.1. The number of aromatic nitrogens is 1. The van der Waals surface area contributed by atoms with Gasteiger partial charge in [0.1, 0.15) is 18.3 Å². The van der Waals surface area contributed by atoms with E-state index in [0.717, 1.165) is 26.8 Å². The molecular weight excluding hydrogens is 526 g/mol. The first-order valence-electron chi connectivity index (χ1n) is 13.1. The van der Waals surface area contributed by atoms with Crippen LogP contribution < -0.4 is 21.7 Å². The summed E-state index contributed by atoms with van der Waals surface area (Å²) in [6, 6.07) is 19.9. The molecule has 11 heteroatoms. The Morgan fingerprint density at radius 1 is 0.902 bits per heavy atom. The molecule has 6 rings (SSSR count). The van der Waals surface area contributed by atoms with Crippen molar-refractivity contribution in [3.63, 3.8) is 0 Å². The first-order chi connectivity index (χ1) is 19.8. The van der Waals surface area contributed by atoms with E-state index < -0.39 is 36.1 Å². The number of hydrogen-bond donors (Lipinski definition) is 4. The minimum Gasteiger partial charge on any atom is -0.480 e. The number of carboxylic acids is 1. The van der Waals surface area contributed by atoms with Crippen molar-refractivity contribution in [2.45, 2.75) is 24.4 Å². The van der Waals surface area contributed by atoms with Crippen LogP contribution in [-0.4, -0.2) is 58.9 Å². The maximum absolute atomic E-state index is 12.9. The third-order valence-corrected chi connectivity index (χ3v) is 7.84. The molecule has 4 aromatic rings. The van der Waals surface area contributed by atoms with Gasteiger partial charge in [0.15, 0.2) is 0 Å². The molecule has 3 amide bonds. The molecule has 0 spiro atoms. The summed E-state index contributed by atoms with van der Waals surface area (Å²) >= 11 is 0. The molecule has 0 unspecified atom stereocenters. The second-order valence-corrected chi connectivity index (χ2v) is 10.2. The van der Waals surface area contributed by atoms with E-state index in [2.05, 4.69) is 5.32 Å². The van der Waals surface area contributed by atoms with Gasteiger partial charge in [-0.2, -0.15) is 0 Å². The van der Waals surface area contributed by atoms with Crippen molar-refractivity contribution in [2.75, 3.05) is 18.1 Å². The minimum atomic E-state index is -1.16. The number of aliphatic carboxylic acids is 1. The highest BCUT2D eigenvalue weighted by atomic mass is 16.5. The van der Waals surface area contributed by atoms with Gasteiger partial charge >= 0.3 is 18.1 Å². The van der Waals surface area contributed by atoms with E-state index in [1.54, 1.807) is 24.3 Å². The SMILES string of the molecule is NC(=O)c1c(N2C[C@@H](NC(=O)OCC3c4ccccc4-c4ccccc43)C[C@H]2C(=O)O)c2ccccc2n1C(N)=O. The van der Waals surface area contributed by atoms with E-state index in [1.165, 1.54) is 4.90 Å². The van der Waals surface area contributed by atoms with Crippen molar-refractivity contribution in [3.8, 4) is 11.1 Å². The number of anilines is 1. The van der Waals surface area contributed by atoms with Gasteiger partial charge in [0, 0.05) is 24.3 Å². The Kier molecular flexibility index (Phi) is 6.33. The molecule has 1 aliphatic heterocycles. The number of nitrogens with two attached hydrogens (primary N) is 2. The first kappa shape index (κ1) is 25.9. The van der Waals surface area contributed by atoms with Crippen LogP contribution in [0.25, 0.3) is 22.0 Å². The molecule has 208 valence electrons. The summed E-state index contributed by atoms with van der Waals surface area (Å²) in [5, 5.41) is 13.3. The topological polar surface area (TPSA) is 170 Å². The summed E-state index contributed by atoms with van der Waals surface area (Å²) in [7, 11) is 0. The number of carbonyl (C=O) groups excluding carboxylic acids is 3. The van der Waals surface area contributed by atoms with E-state index in [4.69, 9.17) is 16.2 Å². The summed E-state index contributed by atoms with van der Waals surface area (Å²) in [6.45, 7) is 0.144. The third kappa shape index (κ3) is 4.31. The zero-order chi connectivity index (χ0) is 28.8. The van der Waals surface area contributed by atoms with Gasteiger partial charge in [0.05, 0.1) is 17.2 Å². The number of nitrogens with one attached hydrogen (secondary N) is 1. The van der Waals surface area contributed by atoms with E-state index >= 15 is 0 Å². The molecule has 1 saturated heterocycles.